The van der Waals surface area contributed by atoms with Gasteiger partial charge in [0.1, 0.15) is 0 Å². The second kappa shape index (κ2) is 150. The molecule has 141 heavy (non-hydrogen) atoms. The molecule has 0 bridgehead atoms. The van der Waals surface area contributed by atoms with E-state index in [1.54, 1.807) is 0 Å². The van der Waals surface area contributed by atoms with Gasteiger partial charge in [-0.05, 0) is 96.3 Å². The normalized spacial score (nSPS) is 11.5. The van der Waals surface area contributed by atoms with Crippen molar-refractivity contribution in [3.8, 4) is 0 Å². The van der Waals surface area contributed by atoms with Crippen molar-refractivity contribution >= 4 is 43.0 Å². The van der Waals surface area contributed by atoms with Gasteiger partial charge in [-0.3, -0.25) is 0 Å². The molecule has 0 amide bonds. The van der Waals surface area contributed by atoms with Gasteiger partial charge in [0.05, 0.1) is 99.1 Å². The van der Waals surface area contributed by atoms with Crippen molar-refractivity contribution < 1.29 is 84.9 Å². The van der Waals surface area contributed by atoms with Gasteiger partial charge in [-0.1, -0.05) is 585 Å². The van der Waals surface area contributed by atoms with Crippen LogP contribution < -0.4 is 0 Å². The summed E-state index contributed by atoms with van der Waals surface area (Å²) in [7, 11) is -7.68. The molecule has 21 heteroatoms. The maximum absolute atomic E-state index is 6.00. The van der Waals surface area contributed by atoms with Crippen LogP contribution in [0, 0.1) is 0 Å². The van der Waals surface area contributed by atoms with Gasteiger partial charge in [0, 0.05) is 17.1 Å². The Balaban J connectivity index is -0.000000403. The molecule has 0 spiro atoms. The van der Waals surface area contributed by atoms with Crippen molar-refractivity contribution in [1.82, 2.24) is 0 Å². The van der Waals surface area contributed by atoms with E-state index < -0.39 is 43.0 Å². The van der Waals surface area contributed by atoms with Gasteiger partial charge in [0.15, 0.2) is 0 Å². The number of hydrogen-bond donors (Lipinski definition) is 0. The second-order valence-electron chi connectivity index (χ2n) is 40.5. The van der Waals surface area contributed by atoms with Gasteiger partial charge in [0.25, 0.3) is 0 Å². The third-order valence-electron chi connectivity index (χ3n) is 25.8. The van der Waals surface area contributed by atoms with Crippen molar-refractivity contribution in [3.05, 3.63) is 0 Å². The zero-order valence-corrected chi connectivity index (χ0v) is 104. The predicted molar refractivity (Wildman–Crippen MR) is 631 cm³/mol. The maximum atomic E-state index is 6.00. The van der Waals surface area contributed by atoms with Crippen LogP contribution in [0.15, 0.2) is 0 Å². The largest absolute Gasteiger partial charge is 0.397 e. The molecule has 0 fully saturated rings. The molecule has 0 rings (SSSR count). The molecule has 0 aliphatic carbocycles. The van der Waals surface area contributed by atoms with E-state index in [-0.39, 0.29) is 17.1 Å². The van der Waals surface area contributed by atoms with Gasteiger partial charge >= 0.3 is 43.0 Å². The van der Waals surface area contributed by atoms with Crippen molar-refractivity contribution in [2.45, 2.75) is 682 Å². The van der Waals surface area contributed by atoms with Crippen molar-refractivity contribution in [1.29, 1.82) is 0 Å². The average molecular weight is 2150 g/mol. The first kappa shape index (κ1) is 154. The summed E-state index contributed by atoms with van der Waals surface area (Å²) in [5.41, 5.74) is 0. The van der Waals surface area contributed by atoms with Crippen LogP contribution in [0.3, 0.4) is 0 Å². The molecular weight excluding hydrogens is 1890 g/mol. The topological polar surface area (TPSA) is 138 Å². The summed E-state index contributed by atoms with van der Waals surface area (Å²) in [6.07, 6.45) is 116. The van der Waals surface area contributed by atoms with Crippen LogP contribution >= 0.6 is 43.0 Å². The molecule has 0 aromatic carbocycles. The Labute approximate surface area is 902 Å². The molecule has 0 aromatic rings. The fourth-order valence-electron chi connectivity index (χ4n) is 16.2. The molecule has 0 saturated heterocycles. The third kappa shape index (κ3) is 148. The van der Waals surface area contributed by atoms with Gasteiger partial charge in [0.2, 0.25) is 0 Å². The summed E-state index contributed by atoms with van der Waals surface area (Å²) in [4.78, 5) is 0. The average Bonchev–Trinajstić information content (AvgIpc) is 1.01. The molecule has 0 aromatic heterocycles. The Morgan fingerprint density at radius 2 is 0.128 bits per heavy atom. The molecular formula is C120H260FeO15P5+5. The van der Waals surface area contributed by atoms with Crippen LogP contribution in [0.5, 0.6) is 0 Å². The monoisotopic (exact) mass is 2150 g/mol. The van der Waals surface area contributed by atoms with Crippen LogP contribution in [0.4, 0.5) is 0 Å². The van der Waals surface area contributed by atoms with Crippen molar-refractivity contribution in [3.63, 3.8) is 0 Å². The van der Waals surface area contributed by atoms with Gasteiger partial charge in [-0.2, -0.15) is 67.9 Å². The van der Waals surface area contributed by atoms with Crippen LogP contribution in [0.25, 0.3) is 0 Å². The first-order chi connectivity index (χ1) is 69.2. The molecule has 0 aliphatic heterocycles. The fourth-order valence-corrected chi connectivity index (χ4v) is 22.1. The van der Waals surface area contributed by atoms with E-state index in [2.05, 4.69) is 104 Å². The van der Waals surface area contributed by atoms with E-state index in [1.165, 1.54) is 482 Å². The molecule has 0 unspecified atom stereocenters. The zero-order valence-electron chi connectivity index (χ0n) is 98.2. The first-order valence-electron chi connectivity index (χ1n) is 63.0. The molecule has 15 nitrogen and oxygen atoms in total. The molecule has 0 aliphatic rings. The summed E-state index contributed by atoms with van der Waals surface area (Å²) in [5.74, 6) is 0. The van der Waals surface area contributed by atoms with Crippen LogP contribution in [0.1, 0.15) is 682 Å². The zero-order chi connectivity index (χ0) is 103. The Morgan fingerprint density at radius 3 is 0.184 bits per heavy atom. The summed E-state index contributed by atoms with van der Waals surface area (Å²) in [6, 6.07) is 0. The quantitative estimate of drug-likeness (QED) is 0.0324. The van der Waals surface area contributed by atoms with E-state index in [9.17, 15) is 0 Å². The smallest absolute Gasteiger partial charge is 0.180 e. The molecule has 0 heterocycles. The predicted octanol–water partition coefficient (Wildman–Crippen LogP) is 45.4. The van der Waals surface area contributed by atoms with Crippen LogP contribution in [0.2, 0.25) is 0 Å². The number of unbranched alkanes of at least 4 members (excludes halogenated alkanes) is 75. The van der Waals surface area contributed by atoms with E-state index in [1.807, 2.05) is 0 Å². The Bertz CT molecular complexity index is 1490. The Morgan fingerprint density at radius 1 is 0.0780 bits per heavy atom. The summed E-state index contributed by atoms with van der Waals surface area (Å²) >= 11 is 0. The van der Waals surface area contributed by atoms with Crippen LogP contribution in [-0.4, -0.2) is 99.1 Å². The SMILES string of the molecule is CCCCCCCCO[PH+](OCCCCCCCC)OCCCCCCCC.CCCCCCCCO[PH+](OCCCCCCCC)OCCCCCCCC.CCCCCCCCO[PH+](OCCCCCCCC)OCCCCCCCC.CCCCCCCCO[PH+](OCCCCCCCC)OCCCCCCCC.CCCCCCCCO[PH+](OCCCCCCCC)OCCCCCCCC.[Fe]. The van der Waals surface area contributed by atoms with E-state index in [4.69, 9.17) is 67.9 Å². The number of hydrogen-bond acceptors (Lipinski definition) is 15. The third-order valence-corrected chi connectivity index (χ3v) is 32.4. The minimum absolute atomic E-state index is 0. The fraction of sp³-hybridized carbons (Fsp3) is 1.00. The number of rotatable bonds is 120. The summed E-state index contributed by atoms with van der Waals surface area (Å²) in [5, 5.41) is 0. The molecule has 0 radical (unpaired) electrons. The van der Waals surface area contributed by atoms with Gasteiger partial charge < -0.3 is 0 Å². The van der Waals surface area contributed by atoms with Gasteiger partial charge in [-0.15, -0.1) is 0 Å². The molecule has 0 saturated carbocycles. The standard InChI is InChI=1S/5C24H52O3P.Fe/c5*1-4-7-10-13-16-19-22-25-28(26-23-20-17-14-11-8-5-2)27-24-21-18-15-12-9-6-3;/h5*28H,4-24H2,1-3H3;/q5*+1;. The van der Waals surface area contributed by atoms with Crippen molar-refractivity contribution in [2.75, 3.05) is 99.1 Å². The van der Waals surface area contributed by atoms with E-state index >= 15 is 0 Å². The minimum atomic E-state index is -1.54. The van der Waals surface area contributed by atoms with E-state index in [0.717, 1.165) is 195 Å². The Kier molecular flexibility index (Phi) is 164. The maximum Gasteiger partial charge on any atom is 0.397 e. The summed E-state index contributed by atoms with van der Waals surface area (Å²) in [6.45, 7) is 45.9. The molecule has 0 atom stereocenters. The van der Waals surface area contributed by atoms with Crippen molar-refractivity contribution in [2.24, 2.45) is 0 Å². The first-order valence-corrected chi connectivity index (χ1v) is 69.1. The summed E-state index contributed by atoms with van der Waals surface area (Å²) < 4.78 is 89.9. The minimum Gasteiger partial charge on any atom is -0.180 e. The molecule has 858 valence electrons. The van der Waals surface area contributed by atoms with E-state index in [0.29, 0.717) is 0 Å². The molecule has 0 N–H and O–H groups in total. The Hall–Kier alpha value is 2.07. The second-order valence-corrected chi connectivity index (χ2v) is 47.3. The van der Waals surface area contributed by atoms with Gasteiger partial charge in [-0.25, -0.2) is 0 Å². The van der Waals surface area contributed by atoms with Crippen LogP contribution in [-0.2, 0) is 84.9 Å².